The first-order chi connectivity index (χ1) is 14.9. The van der Waals surface area contributed by atoms with E-state index in [1.165, 1.54) is 25.0 Å². The van der Waals surface area contributed by atoms with E-state index >= 15 is 0 Å². The monoisotopic (exact) mass is 450 g/mol. The molecule has 0 saturated carbocycles. The Bertz CT molecular complexity index is 1050. The Kier molecular flexibility index (Phi) is 7.33. The van der Waals surface area contributed by atoms with Gasteiger partial charge in [0.15, 0.2) is 5.78 Å². The number of rotatable bonds is 7. The predicted octanol–water partition coefficient (Wildman–Crippen LogP) is 4.35. The van der Waals surface area contributed by atoms with Crippen LogP contribution < -0.4 is 0 Å². The Hall–Kier alpha value is -3.36. The molecule has 0 fully saturated rings. The number of ether oxygens (including phenoxy) is 1. The number of benzene rings is 1. The molecule has 0 aliphatic rings. The molecule has 1 heterocycles. The third kappa shape index (κ3) is 4.61. The Labute approximate surface area is 184 Å². The summed E-state index contributed by atoms with van der Waals surface area (Å²) < 4.78 is 44.8. The maximum absolute atomic E-state index is 13.4. The van der Waals surface area contributed by atoms with Gasteiger partial charge in [0.25, 0.3) is 5.91 Å². The number of halogens is 3. The molecule has 0 bridgehead atoms. The molecular formula is C23H25F3N2O4. The fourth-order valence-corrected chi connectivity index (χ4v) is 3.60. The normalized spacial score (nSPS) is 12.2. The first-order valence-electron chi connectivity index (χ1n) is 9.74. The summed E-state index contributed by atoms with van der Waals surface area (Å²) in [4.78, 5) is 39.7. The number of hydrogen-bond donors (Lipinski definition) is 0. The topological polar surface area (TPSA) is 68.6 Å². The molecular weight excluding hydrogens is 425 g/mol. The molecule has 0 aliphatic heterocycles. The molecule has 0 radical (unpaired) electrons. The molecule has 1 aromatic heterocycles. The molecule has 9 heteroatoms. The number of aromatic nitrogens is 1. The molecule has 172 valence electrons. The zero-order valence-electron chi connectivity index (χ0n) is 18.5. The Morgan fingerprint density at radius 2 is 1.75 bits per heavy atom. The van der Waals surface area contributed by atoms with Crippen molar-refractivity contribution in [2.45, 2.75) is 33.0 Å². The second kappa shape index (κ2) is 9.42. The number of esters is 1. The summed E-state index contributed by atoms with van der Waals surface area (Å²) in [5.41, 5.74) is 0.602. The number of ketones is 1. The van der Waals surface area contributed by atoms with Gasteiger partial charge in [-0.2, -0.15) is 13.2 Å². The summed E-state index contributed by atoms with van der Waals surface area (Å²) in [7, 11) is 2.87. The number of carbonyl (C=O) groups is 3. The SMILES string of the molecule is C=CCN(C(=O)c1ccc(C(F)(F)F)cc1)C(C)C(=O)c1c(C)c(C(=O)OC)n(C)c1C. The highest BCUT2D eigenvalue weighted by atomic mass is 19.4. The fraction of sp³-hybridized carbons (Fsp3) is 0.348. The minimum Gasteiger partial charge on any atom is -0.464 e. The quantitative estimate of drug-likeness (QED) is 0.357. The standard InChI is InChI=1S/C23H25F3N2O4/c1-7-12-28(21(30)16-8-10-17(11-9-16)23(24,25)26)15(4)20(29)18-13(2)19(22(31)32-6)27(5)14(18)3/h7-11,15H,1,12H2,2-6H3. The van der Waals surface area contributed by atoms with Crippen LogP contribution in [0.5, 0.6) is 0 Å². The van der Waals surface area contributed by atoms with Crippen molar-refractivity contribution < 1.29 is 32.3 Å². The number of nitrogens with zero attached hydrogens (tertiary/aromatic N) is 2. The summed E-state index contributed by atoms with van der Waals surface area (Å²) in [6.07, 6.45) is -3.10. The van der Waals surface area contributed by atoms with Crippen molar-refractivity contribution >= 4 is 17.7 Å². The summed E-state index contributed by atoms with van der Waals surface area (Å²) in [5.74, 6) is -1.62. The summed E-state index contributed by atoms with van der Waals surface area (Å²) in [6.45, 7) is 8.43. The lowest BCUT2D eigenvalue weighted by molar-refractivity contribution is -0.137. The predicted molar refractivity (Wildman–Crippen MR) is 113 cm³/mol. The highest BCUT2D eigenvalue weighted by Crippen LogP contribution is 2.30. The second-order valence-corrected chi connectivity index (χ2v) is 7.35. The van der Waals surface area contributed by atoms with E-state index in [1.54, 1.807) is 25.5 Å². The highest BCUT2D eigenvalue weighted by molar-refractivity contribution is 6.07. The molecule has 2 aromatic rings. The van der Waals surface area contributed by atoms with Gasteiger partial charge in [-0.3, -0.25) is 9.59 Å². The van der Waals surface area contributed by atoms with Gasteiger partial charge in [-0.15, -0.1) is 6.58 Å². The Morgan fingerprint density at radius 1 is 1.19 bits per heavy atom. The Morgan fingerprint density at radius 3 is 2.22 bits per heavy atom. The van der Waals surface area contributed by atoms with Crippen molar-refractivity contribution in [2.24, 2.45) is 7.05 Å². The molecule has 0 spiro atoms. The molecule has 0 N–H and O–H groups in total. The van der Waals surface area contributed by atoms with Gasteiger partial charge in [0.05, 0.1) is 18.7 Å². The van der Waals surface area contributed by atoms with Crippen LogP contribution in [0.4, 0.5) is 13.2 Å². The van der Waals surface area contributed by atoms with Crippen molar-refractivity contribution in [2.75, 3.05) is 13.7 Å². The molecule has 1 amide bonds. The molecule has 1 unspecified atom stereocenters. The molecule has 6 nitrogen and oxygen atoms in total. The van der Waals surface area contributed by atoms with E-state index in [-0.39, 0.29) is 23.4 Å². The summed E-state index contributed by atoms with van der Waals surface area (Å²) >= 11 is 0. The van der Waals surface area contributed by atoms with Crippen molar-refractivity contribution in [3.05, 3.63) is 70.6 Å². The lowest BCUT2D eigenvalue weighted by Gasteiger charge is -2.28. The third-order valence-electron chi connectivity index (χ3n) is 5.45. The lowest BCUT2D eigenvalue weighted by Crippen LogP contribution is -2.43. The number of methoxy groups -OCH3 is 1. The number of amides is 1. The van der Waals surface area contributed by atoms with E-state index < -0.39 is 35.4 Å². The van der Waals surface area contributed by atoms with Gasteiger partial charge >= 0.3 is 12.1 Å². The highest BCUT2D eigenvalue weighted by Gasteiger charge is 2.33. The Balaban J connectivity index is 2.43. The van der Waals surface area contributed by atoms with E-state index in [4.69, 9.17) is 4.74 Å². The molecule has 1 atom stereocenters. The van der Waals surface area contributed by atoms with Crippen LogP contribution in [0.1, 0.15) is 54.9 Å². The lowest BCUT2D eigenvalue weighted by atomic mass is 9.99. The van der Waals surface area contributed by atoms with E-state index in [9.17, 15) is 27.6 Å². The van der Waals surface area contributed by atoms with Gasteiger partial charge in [-0.05, 0) is 50.6 Å². The molecule has 2 rings (SSSR count). The van der Waals surface area contributed by atoms with Gasteiger partial charge in [-0.25, -0.2) is 4.79 Å². The first kappa shape index (κ1) is 24.9. The van der Waals surface area contributed by atoms with Crippen LogP contribution >= 0.6 is 0 Å². The second-order valence-electron chi connectivity index (χ2n) is 7.35. The fourth-order valence-electron chi connectivity index (χ4n) is 3.60. The van der Waals surface area contributed by atoms with Crippen LogP contribution in [0, 0.1) is 13.8 Å². The maximum atomic E-state index is 13.4. The minimum atomic E-state index is -4.52. The van der Waals surface area contributed by atoms with Crippen molar-refractivity contribution in [3.8, 4) is 0 Å². The van der Waals surface area contributed by atoms with Crippen LogP contribution in [0.3, 0.4) is 0 Å². The van der Waals surface area contributed by atoms with E-state index in [0.717, 1.165) is 24.3 Å². The van der Waals surface area contributed by atoms with Crippen molar-refractivity contribution in [3.63, 3.8) is 0 Å². The number of carbonyl (C=O) groups excluding carboxylic acids is 3. The maximum Gasteiger partial charge on any atom is 0.416 e. The molecule has 0 saturated heterocycles. The van der Waals surface area contributed by atoms with Gasteiger partial charge in [0, 0.05) is 30.4 Å². The summed E-state index contributed by atoms with van der Waals surface area (Å²) in [6, 6.07) is 2.83. The van der Waals surface area contributed by atoms with Gasteiger partial charge in [0.2, 0.25) is 0 Å². The number of alkyl halides is 3. The molecule has 0 aliphatic carbocycles. The summed E-state index contributed by atoms with van der Waals surface area (Å²) in [5, 5.41) is 0. The average molecular weight is 450 g/mol. The zero-order chi connectivity index (χ0) is 24.4. The largest absolute Gasteiger partial charge is 0.464 e. The van der Waals surface area contributed by atoms with Crippen molar-refractivity contribution in [1.82, 2.24) is 9.47 Å². The third-order valence-corrected chi connectivity index (χ3v) is 5.45. The van der Waals surface area contributed by atoms with E-state index in [2.05, 4.69) is 6.58 Å². The minimum absolute atomic E-state index is 0.00154. The van der Waals surface area contributed by atoms with Crippen molar-refractivity contribution in [1.29, 1.82) is 0 Å². The van der Waals surface area contributed by atoms with E-state index in [0.29, 0.717) is 11.3 Å². The number of Topliss-reactive ketones (excluding diaryl/α,β-unsaturated/α-hetero) is 1. The van der Waals surface area contributed by atoms with Crippen LogP contribution in [0.2, 0.25) is 0 Å². The van der Waals surface area contributed by atoms with Gasteiger partial charge < -0.3 is 14.2 Å². The number of hydrogen-bond acceptors (Lipinski definition) is 4. The first-order valence-corrected chi connectivity index (χ1v) is 9.74. The zero-order valence-corrected chi connectivity index (χ0v) is 18.5. The average Bonchev–Trinajstić information content (AvgIpc) is 2.97. The van der Waals surface area contributed by atoms with Gasteiger partial charge in [-0.1, -0.05) is 6.08 Å². The van der Waals surface area contributed by atoms with Crippen LogP contribution in [-0.4, -0.2) is 46.8 Å². The molecule has 1 aromatic carbocycles. The van der Waals surface area contributed by atoms with Crippen LogP contribution in [0.25, 0.3) is 0 Å². The smallest absolute Gasteiger partial charge is 0.416 e. The molecule has 32 heavy (non-hydrogen) atoms. The van der Waals surface area contributed by atoms with E-state index in [1.807, 2.05) is 0 Å². The van der Waals surface area contributed by atoms with Crippen LogP contribution in [-0.2, 0) is 18.0 Å². The van der Waals surface area contributed by atoms with Gasteiger partial charge in [0.1, 0.15) is 5.69 Å². The van der Waals surface area contributed by atoms with Crippen LogP contribution in [0.15, 0.2) is 36.9 Å².